The number of likely N-dealkylation sites (tertiary alicyclic amines) is 1. The zero-order chi connectivity index (χ0) is 18.6. The van der Waals surface area contributed by atoms with Crippen LogP contribution in [0, 0.1) is 0 Å². The van der Waals surface area contributed by atoms with Crippen LogP contribution in [-0.2, 0) is 15.0 Å². The Labute approximate surface area is 182 Å². The molecule has 1 aromatic rings. The van der Waals surface area contributed by atoms with Gasteiger partial charge in [-0.15, -0.1) is 24.0 Å². The van der Waals surface area contributed by atoms with Crippen molar-refractivity contribution >= 4 is 53.4 Å². The van der Waals surface area contributed by atoms with Crippen LogP contribution in [-0.4, -0.2) is 49.4 Å². The number of imide groups is 1. The van der Waals surface area contributed by atoms with E-state index in [4.69, 9.17) is 11.6 Å². The average Bonchev–Trinajstić information content (AvgIpc) is 3.41. The SMILES string of the molecule is CN=C(NCCN1C(=O)CCCC1=O)NCC1(c2cccc(Cl)c2)CC1.I. The van der Waals surface area contributed by atoms with Crippen molar-refractivity contribution in [3.8, 4) is 0 Å². The standard InChI is InChI=1S/C19H25ClN4O2.HI/c1-21-18(22-10-11-24-16(25)6-3-7-17(24)26)23-13-19(8-9-19)14-4-2-5-15(20)12-14;/h2,4-5,12H,3,6-11,13H2,1H3,(H2,21,22,23);1H. The zero-order valence-corrected chi connectivity index (χ0v) is 18.5. The number of carbonyl (C=O) groups is 2. The van der Waals surface area contributed by atoms with Crippen molar-refractivity contribution in [1.29, 1.82) is 0 Å². The molecule has 1 heterocycles. The van der Waals surface area contributed by atoms with Gasteiger partial charge in [0, 0.05) is 50.0 Å². The third-order valence-electron chi connectivity index (χ3n) is 5.12. The van der Waals surface area contributed by atoms with E-state index in [1.165, 1.54) is 10.5 Å². The molecule has 0 atom stereocenters. The molecule has 0 spiro atoms. The van der Waals surface area contributed by atoms with E-state index in [-0.39, 0.29) is 41.2 Å². The smallest absolute Gasteiger partial charge is 0.229 e. The number of rotatable bonds is 6. The lowest BCUT2D eigenvalue weighted by molar-refractivity contribution is -0.147. The number of hydrogen-bond donors (Lipinski definition) is 2. The molecule has 0 radical (unpaired) electrons. The van der Waals surface area contributed by atoms with Crippen molar-refractivity contribution in [1.82, 2.24) is 15.5 Å². The number of halogens is 2. The molecule has 6 nitrogen and oxygen atoms in total. The first-order chi connectivity index (χ1) is 12.5. The quantitative estimate of drug-likeness (QED) is 0.270. The van der Waals surface area contributed by atoms with Crippen LogP contribution in [0.3, 0.4) is 0 Å². The van der Waals surface area contributed by atoms with Gasteiger partial charge in [-0.2, -0.15) is 0 Å². The molecular formula is C19H26ClIN4O2. The summed E-state index contributed by atoms with van der Waals surface area (Å²) in [5.74, 6) is 0.517. The molecule has 2 amide bonds. The van der Waals surface area contributed by atoms with Gasteiger partial charge in [-0.05, 0) is 37.0 Å². The lowest BCUT2D eigenvalue weighted by atomic mass is 9.96. The summed E-state index contributed by atoms with van der Waals surface area (Å²) in [6, 6.07) is 8.01. The molecule has 0 unspecified atom stereocenters. The van der Waals surface area contributed by atoms with E-state index in [1.54, 1.807) is 7.05 Å². The second-order valence-electron chi connectivity index (χ2n) is 6.94. The fourth-order valence-corrected chi connectivity index (χ4v) is 3.54. The third-order valence-corrected chi connectivity index (χ3v) is 5.35. The average molecular weight is 505 g/mol. The van der Waals surface area contributed by atoms with E-state index >= 15 is 0 Å². The van der Waals surface area contributed by atoms with Crippen LogP contribution < -0.4 is 10.6 Å². The molecular weight excluding hydrogens is 479 g/mol. The number of hydrogen-bond acceptors (Lipinski definition) is 3. The number of aliphatic imine (C=N–C) groups is 1. The summed E-state index contributed by atoms with van der Waals surface area (Å²) in [5.41, 5.74) is 1.36. The molecule has 1 aliphatic heterocycles. The van der Waals surface area contributed by atoms with Crippen molar-refractivity contribution < 1.29 is 9.59 Å². The van der Waals surface area contributed by atoms with Gasteiger partial charge < -0.3 is 10.6 Å². The van der Waals surface area contributed by atoms with E-state index in [1.807, 2.05) is 18.2 Å². The minimum absolute atomic E-state index is 0. The van der Waals surface area contributed by atoms with Gasteiger partial charge in [0.15, 0.2) is 5.96 Å². The molecule has 1 aromatic carbocycles. The molecule has 1 saturated carbocycles. The first kappa shape index (κ1) is 21.9. The summed E-state index contributed by atoms with van der Waals surface area (Å²) in [7, 11) is 1.71. The van der Waals surface area contributed by atoms with Crippen LogP contribution in [0.2, 0.25) is 5.02 Å². The monoisotopic (exact) mass is 504 g/mol. The van der Waals surface area contributed by atoms with E-state index in [2.05, 4.69) is 21.7 Å². The van der Waals surface area contributed by atoms with Gasteiger partial charge in [-0.25, -0.2) is 0 Å². The fraction of sp³-hybridized carbons (Fsp3) is 0.526. The van der Waals surface area contributed by atoms with Crippen LogP contribution in [0.25, 0.3) is 0 Å². The molecule has 2 aliphatic rings. The number of amides is 2. The van der Waals surface area contributed by atoms with E-state index in [0.717, 1.165) is 24.4 Å². The molecule has 1 aliphatic carbocycles. The summed E-state index contributed by atoms with van der Waals surface area (Å²) in [5, 5.41) is 7.30. The molecule has 1 saturated heterocycles. The molecule has 2 N–H and O–H groups in total. The Morgan fingerprint density at radius 1 is 1.22 bits per heavy atom. The Morgan fingerprint density at radius 3 is 2.52 bits per heavy atom. The predicted molar refractivity (Wildman–Crippen MR) is 118 cm³/mol. The molecule has 8 heteroatoms. The van der Waals surface area contributed by atoms with E-state index < -0.39 is 0 Å². The second kappa shape index (κ2) is 9.73. The molecule has 148 valence electrons. The minimum atomic E-state index is -0.0797. The highest BCUT2D eigenvalue weighted by Gasteiger charge is 2.44. The normalized spacial score (nSPS) is 18.7. The lowest BCUT2D eigenvalue weighted by Gasteiger charge is -2.25. The molecule has 0 aromatic heterocycles. The van der Waals surface area contributed by atoms with Crippen molar-refractivity contribution in [3.05, 3.63) is 34.9 Å². The number of nitrogens with one attached hydrogen (secondary N) is 2. The second-order valence-corrected chi connectivity index (χ2v) is 7.37. The summed E-state index contributed by atoms with van der Waals surface area (Å²) in [6.45, 7) is 1.63. The van der Waals surface area contributed by atoms with Gasteiger partial charge >= 0.3 is 0 Å². The van der Waals surface area contributed by atoms with Crippen molar-refractivity contribution in [2.45, 2.75) is 37.5 Å². The van der Waals surface area contributed by atoms with Crippen LogP contribution >= 0.6 is 35.6 Å². The first-order valence-corrected chi connectivity index (χ1v) is 9.46. The molecule has 0 bridgehead atoms. The van der Waals surface area contributed by atoms with Crippen molar-refractivity contribution in [3.63, 3.8) is 0 Å². The fourth-order valence-electron chi connectivity index (χ4n) is 3.35. The maximum atomic E-state index is 11.8. The van der Waals surface area contributed by atoms with Gasteiger partial charge in [0.05, 0.1) is 0 Å². The predicted octanol–water partition coefficient (Wildman–Crippen LogP) is 2.69. The first-order valence-electron chi connectivity index (χ1n) is 9.08. The Balaban J connectivity index is 0.00000261. The third kappa shape index (κ3) is 5.57. The van der Waals surface area contributed by atoms with Crippen molar-refractivity contribution in [2.75, 3.05) is 26.7 Å². The lowest BCUT2D eigenvalue weighted by Crippen LogP contribution is -2.47. The topological polar surface area (TPSA) is 73.8 Å². The highest BCUT2D eigenvalue weighted by atomic mass is 127. The summed E-state index contributed by atoms with van der Waals surface area (Å²) in [4.78, 5) is 29.2. The largest absolute Gasteiger partial charge is 0.356 e. The maximum absolute atomic E-state index is 11.8. The van der Waals surface area contributed by atoms with Gasteiger partial charge in [0.25, 0.3) is 0 Å². The minimum Gasteiger partial charge on any atom is -0.356 e. The van der Waals surface area contributed by atoms with Gasteiger partial charge in [-0.3, -0.25) is 19.5 Å². The van der Waals surface area contributed by atoms with Crippen LogP contribution in [0.1, 0.15) is 37.7 Å². The molecule has 3 rings (SSSR count). The number of nitrogens with zero attached hydrogens (tertiary/aromatic N) is 2. The van der Waals surface area contributed by atoms with Crippen molar-refractivity contribution in [2.24, 2.45) is 4.99 Å². The van der Waals surface area contributed by atoms with Crippen LogP contribution in [0.4, 0.5) is 0 Å². The molecule has 2 fully saturated rings. The van der Waals surface area contributed by atoms with Gasteiger partial charge in [-0.1, -0.05) is 23.7 Å². The number of guanidine groups is 1. The summed E-state index contributed by atoms with van der Waals surface area (Å²) >= 11 is 6.12. The summed E-state index contributed by atoms with van der Waals surface area (Å²) in [6.07, 6.45) is 3.82. The maximum Gasteiger partial charge on any atom is 0.229 e. The van der Waals surface area contributed by atoms with Gasteiger partial charge in [0.1, 0.15) is 0 Å². The van der Waals surface area contributed by atoms with Crippen LogP contribution in [0.15, 0.2) is 29.3 Å². The Morgan fingerprint density at radius 2 is 1.93 bits per heavy atom. The molecule has 27 heavy (non-hydrogen) atoms. The Kier molecular flexibility index (Phi) is 7.91. The number of carbonyl (C=O) groups excluding carboxylic acids is 2. The Bertz CT molecular complexity index is 705. The highest BCUT2D eigenvalue weighted by molar-refractivity contribution is 14.0. The number of piperidine rings is 1. The summed E-state index contributed by atoms with van der Waals surface area (Å²) < 4.78 is 0. The number of benzene rings is 1. The van der Waals surface area contributed by atoms with Crippen LogP contribution in [0.5, 0.6) is 0 Å². The zero-order valence-electron chi connectivity index (χ0n) is 15.5. The highest BCUT2D eigenvalue weighted by Crippen LogP contribution is 2.48. The van der Waals surface area contributed by atoms with E-state index in [9.17, 15) is 9.59 Å². The Hall–Kier alpha value is -1.35. The van der Waals surface area contributed by atoms with E-state index in [0.29, 0.717) is 38.3 Å². The van der Waals surface area contributed by atoms with Gasteiger partial charge in [0.2, 0.25) is 11.8 Å².